The number of nitrogens with zero attached hydrogens (tertiary/aromatic N) is 1. The molecule has 0 aromatic heterocycles. The molecule has 3 aromatic rings. The maximum absolute atomic E-state index is 13.6. The van der Waals surface area contributed by atoms with Crippen LogP contribution in [0.2, 0.25) is 5.02 Å². The van der Waals surface area contributed by atoms with E-state index in [9.17, 15) is 14.0 Å². The highest BCUT2D eigenvalue weighted by Gasteiger charge is 2.41. The van der Waals surface area contributed by atoms with Crippen molar-refractivity contribution < 1.29 is 23.5 Å². The molecular formula is C25H20ClFN2O4. The second-order valence-corrected chi connectivity index (χ2v) is 7.78. The quantitative estimate of drug-likeness (QED) is 0.506. The van der Waals surface area contributed by atoms with Gasteiger partial charge in [0.25, 0.3) is 11.8 Å². The lowest BCUT2D eigenvalue weighted by Gasteiger charge is -2.19. The second kappa shape index (κ2) is 8.96. The highest BCUT2D eigenvalue weighted by atomic mass is 35.5. The topological polar surface area (TPSA) is 67.9 Å². The number of carbonyl (C=O) groups excluding carboxylic acids is 2. The Hall–Kier alpha value is -3.84. The summed E-state index contributed by atoms with van der Waals surface area (Å²) < 4.78 is 24.3. The van der Waals surface area contributed by atoms with Crippen molar-refractivity contribution in [3.8, 4) is 11.5 Å². The normalized spacial score (nSPS) is 13.5. The van der Waals surface area contributed by atoms with Gasteiger partial charge in [0.1, 0.15) is 23.0 Å². The summed E-state index contributed by atoms with van der Waals surface area (Å²) in [5, 5.41) is 3.43. The smallest absolute Gasteiger partial charge is 0.282 e. The van der Waals surface area contributed by atoms with Crippen LogP contribution in [-0.4, -0.2) is 26.0 Å². The van der Waals surface area contributed by atoms with E-state index >= 15 is 0 Å². The monoisotopic (exact) mass is 466 g/mol. The lowest BCUT2D eigenvalue weighted by atomic mass is 10.0. The largest absolute Gasteiger partial charge is 0.495 e. The molecule has 0 atom stereocenters. The molecule has 168 valence electrons. The summed E-state index contributed by atoms with van der Waals surface area (Å²) in [6.07, 6.45) is 0. The average Bonchev–Trinajstić information content (AvgIpc) is 3.04. The Kier molecular flexibility index (Phi) is 6.07. The highest BCUT2D eigenvalue weighted by Crippen LogP contribution is 2.39. The van der Waals surface area contributed by atoms with E-state index < -0.39 is 17.6 Å². The van der Waals surface area contributed by atoms with Crippen molar-refractivity contribution in [1.82, 2.24) is 0 Å². The summed E-state index contributed by atoms with van der Waals surface area (Å²) in [6.45, 7) is 1.85. The van der Waals surface area contributed by atoms with E-state index in [2.05, 4.69) is 5.32 Å². The summed E-state index contributed by atoms with van der Waals surface area (Å²) in [4.78, 5) is 28.3. The van der Waals surface area contributed by atoms with Crippen LogP contribution in [0.25, 0.3) is 5.57 Å². The van der Waals surface area contributed by atoms with E-state index in [1.54, 1.807) is 30.3 Å². The predicted octanol–water partition coefficient (Wildman–Crippen LogP) is 5.20. The molecular weight excluding hydrogens is 447 g/mol. The highest BCUT2D eigenvalue weighted by molar-refractivity contribution is 6.46. The zero-order valence-electron chi connectivity index (χ0n) is 18.1. The van der Waals surface area contributed by atoms with Crippen molar-refractivity contribution >= 4 is 40.4 Å². The third-order valence-corrected chi connectivity index (χ3v) is 5.45. The summed E-state index contributed by atoms with van der Waals surface area (Å²) in [5.74, 6) is -0.830. The van der Waals surface area contributed by atoms with Crippen LogP contribution in [0.1, 0.15) is 11.1 Å². The van der Waals surface area contributed by atoms with Crippen molar-refractivity contribution in [3.63, 3.8) is 0 Å². The number of nitrogens with one attached hydrogen (secondary N) is 1. The van der Waals surface area contributed by atoms with Crippen LogP contribution in [0, 0.1) is 12.7 Å². The third-order valence-electron chi connectivity index (χ3n) is 5.21. The zero-order valence-corrected chi connectivity index (χ0v) is 18.9. The van der Waals surface area contributed by atoms with Crippen LogP contribution >= 0.6 is 11.6 Å². The number of methoxy groups -OCH3 is 2. The number of amides is 2. The standard InChI is InChI=1S/C25H20ClFN2O4/c1-14-4-10-21(33-3)19(12-14)29-24(30)22(15-5-8-17(27)9-6-15)23(25(29)31)28-18-13-16(26)7-11-20(18)32-2/h4-13,28H,1-3H3. The van der Waals surface area contributed by atoms with Crippen molar-refractivity contribution in [1.29, 1.82) is 0 Å². The molecule has 0 unspecified atom stereocenters. The van der Waals surface area contributed by atoms with E-state index in [0.717, 1.165) is 10.5 Å². The molecule has 0 spiro atoms. The average molecular weight is 467 g/mol. The number of hydrogen-bond donors (Lipinski definition) is 1. The fourth-order valence-corrected chi connectivity index (χ4v) is 3.81. The van der Waals surface area contributed by atoms with Gasteiger partial charge in [-0.25, -0.2) is 9.29 Å². The number of carbonyl (C=O) groups is 2. The molecule has 0 aliphatic carbocycles. The van der Waals surface area contributed by atoms with E-state index in [1.807, 2.05) is 13.0 Å². The summed E-state index contributed by atoms with van der Waals surface area (Å²) in [6, 6.07) is 15.4. The predicted molar refractivity (Wildman–Crippen MR) is 125 cm³/mol. The van der Waals surface area contributed by atoms with Crippen molar-refractivity contribution in [2.45, 2.75) is 6.92 Å². The number of rotatable bonds is 6. The van der Waals surface area contributed by atoms with Gasteiger partial charge < -0.3 is 14.8 Å². The van der Waals surface area contributed by atoms with E-state index in [1.165, 1.54) is 38.5 Å². The first-order valence-corrected chi connectivity index (χ1v) is 10.4. The van der Waals surface area contributed by atoms with Gasteiger partial charge in [0.05, 0.1) is 31.2 Å². The number of ether oxygens (including phenoxy) is 2. The van der Waals surface area contributed by atoms with Crippen LogP contribution in [-0.2, 0) is 9.59 Å². The lowest BCUT2D eigenvalue weighted by Crippen LogP contribution is -2.32. The molecule has 0 saturated heterocycles. The Balaban J connectivity index is 1.89. The third kappa shape index (κ3) is 4.15. The molecule has 1 aliphatic rings. The fourth-order valence-electron chi connectivity index (χ4n) is 3.64. The van der Waals surface area contributed by atoms with E-state index in [-0.39, 0.29) is 11.3 Å². The summed E-state index contributed by atoms with van der Waals surface area (Å²) >= 11 is 6.14. The fraction of sp³-hybridized carbons (Fsp3) is 0.120. The van der Waals surface area contributed by atoms with Gasteiger partial charge in [0.15, 0.2) is 0 Å². The van der Waals surface area contributed by atoms with Gasteiger partial charge in [0.2, 0.25) is 0 Å². The maximum Gasteiger partial charge on any atom is 0.282 e. The van der Waals surface area contributed by atoms with Crippen molar-refractivity contribution in [2.24, 2.45) is 0 Å². The molecule has 0 saturated carbocycles. The molecule has 33 heavy (non-hydrogen) atoms. The Bertz CT molecular complexity index is 1290. The van der Waals surface area contributed by atoms with Crippen LogP contribution in [0.4, 0.5) is 15.8 Å². The van der Waals surface area contributed by atoms with Crippen molar-refractivity contribution in [2.75, 3.05) is 24.4 Å². The van der Waals surface area contributed by atoms with Gasteiger partial charge in [0, 0.05) is 5.02 Å². The molecule has 6 nitrogen and oxygen atoms in total. The number of anilines is 2. The van der Waals surface area contributed by atoms with Crippen LogP contribution in [0.5, 0.6) is 11.5 Å². The molecule has 2 amide bonds. The molecule has 3 aromatic carbocycles. The number of imide groups is 1. The van der Waals surface area contributed by atoms with Gasteiger partial charge in [-0.3, -0.25) is 9.59 Å². The summed E-state index contributed by atoms with van der Waals surface area (Å²) in [5.41, 5.74) is 2.03. The molecule has 1 heterocycles. The Morgan fingerprint density at radius 3 is 2.21 bits per heavy atom. The van der Waals surface area contributed by atoms with Crippen molar-refractivity contribution in [3.05, 3.63) is 88.3 Å². The lowest BCUT2D eigenvalue weighted by molar-refractivity contribution is -0.120. The first kappa shape index (κ1) is 22.4. The SMILES string of the molecule is COc1ccc(Cl)cc1NC1=C(c2ccc(F)cc2)C(=O)N(c2cc(C)ccc2OC)C1=O. The minimum atomic E-state index is -0.592. The molecule has 1 aliphatic heterocycles. The number of benzene rings is 3. The molecule has 0 fully saturated rings. The van der Waals surface area contributed by atoms with Gasteiger partial charge >= 0.3 is 0 Å². The molecule has 0 radical (unpaired) electrons. The first-order chi connectivity index (χ1) is 15.8. The van der Waals surface area contributed by atoms with Crippen LogP contribution in [0.3, 0.4) is 0 Å². The molecule has 4 rings (SSSR count). The Morgan fingerprint density at radius 2 is 1.55 bits per heavy atom. The maximum atomic E-state index is 13.6. The van der Waals surface area contributed by atoms with Crippen LogP contribution in [0.15, 0.2) is 66.4 Å². The first-order valence-electron chi connectivity index (χ1n) is 9.98. The minimum absolute atomic E-state index is 0.00994. The van der Waals surface area contributed by atoms with Crippen LogP contribution < -0.4 is 19.7 Å². The number of hydrogen-bond acceptors (Lipinski definition) is 5. The van der Waals surface area contributed by atoms with Gasteiger partial charge in [-0.1, -0.05) is 29.8 Å². The zero-order chi connectivity index (χ0) is 23.7. The summed E-state index contributed by atoms with van der Waals surface area (Å²) in [7, 11) is 2.94. The van der Waals surface area contributed by atoms with Gasteiger partial charge in [-0.15, -0.1) is 0 Å². The molecule has 0 bridgehead atoms. The number of halogens is 2. The van der Waals surface area contributed by atoms with E-state index in [4.69, 9.17) is 21.1 Å². The molecule has 1 N–H and O–H groups in total. The molecule has 8 heteroatoms. The number of aryl methyl sites for hydroxylation is 1. The Morgan fingerprint density at radius 1 is 0.879 bits per heavy atom. The second-order valence-electron chi connectivity index (χ2n) is 7.35. The minimum Gasteiger partial charge on any atom is -0.495 e. The Labute approximate surface area is 195 Å². The van der Waals surface area contributed by atoms with Gasteiger partial charge in [-0.05, 0) is 60.5 Å². The van der Waals surface area contributed by atoms with Gasteiger partial charge in [-0.2, -0.15) is 0 Å². The van der Waals surface area contributed by atoms with E-state index in [0.29, 0.717) is 33.5 Å².